The Morgan fingerprint density at radius 1 is 1.19 bits per heavy atom. The number of halogens is 1. The van der Waals surface area contributed by atoms with E-state index in [2.05, 4.69) is 4.98 Å². The Morgan fingerprint density at radius 3 is 2.69 bits per heavy atom. The highest BCUT2D eigenvalue weighted by atomic mass is 32.1. The van der Waals surface area contributed by atoms with Crippen molar-refractivity contribution in [1.82, 2.24) is 14.5 Å². The van der Waals surface area contributed by atoms with Gasteiger partial charge in [-0.15, -0.1) is 11.3 Å². The minimum atomic E-state index is -0.621. The molecule has 1 aromatic carbocycles. The van der Waals surface area contributed by atoms with E-state index in [0.29, 0.717) is 50.3 Å². The molecule has 3 heterocycles. The van der Waals surface area contributed by atoms with Crippen LogP contribution in [0.25, 0.3) is 10.6 Å². The molecule has 8 nitrogen and oxygen atoms in total. The summed E-state index contributed by atoms with van der Waals surface area (Å²) in [6.07, 6.45) is 6.01. The zero-order chi connectivity index (χ0) is 25.2. The number of ether oxygens (including phenoxy) is 2. The molecule has 0 saturated heterocycles. The second kappa shape index (κ2) is 10.5. The van der Waals surface area contributed by atoms with Gasteiger partial charge in [0.2, 0.25) is 5.43 Å². The van der Waals surface area contributed by atoms with Crippen molar-refractivity contribution >= 4 is 17.2 Å². The van der Waals surface area contributed by atoms with Crippen LogP contribution in [0.1, 0.15) is 39.8 Å². The lowest BCUT2D eigenvalue weighted by Gasteiger charge is -2.36. The molecule has 1 saturated carbocycles. The van der Waals surface area contributed by atoms with Crippen molar-refractivity contribution < 1.29 is 23.8 Å². The first-order chi connectivity index (χ1) is 17.4. The molecule has 0 spiro atoms. The quantitative estimate of drug-likeness (QED) is 0.417. The molecule has 1 fully saturated rings. The maximum Gasteiger partial charge on any atom is 0.274 e. The van der Waals surface area contributed by atoms with Crippen molar-refractivity contribution in [1.29, 1.82) is 0 Å². The van der Waals surface area contributed by atoms with Crippen LogP contribution in [0.5, 0.6) is 5.75 Å². The van der Waals surface area contributed by atoms with Crippen LogP contribution in [-0.4, -0.2) is 65.5 Å². The SMILES string of the molecule is COCCOC[C@H]1CN(CC2CC2)C(=O)c2c(O)c(=O)c(-c3ncc(Cc4ccc(F)cc4)s3)cn21. The van der Waals surface area contributed by atoms with Gasteiger partial charge in [-0.3, -0.25) is 9.59 Å². The standard InChI is InChI=1S/C26H28FN3O5S/c1-34-8-9-35-15-19-13-29(12-17-2-3-17)26(33)22-24(32)23(31)21(14-30(19)22)25-28-11-20(36-25)10-16-4-6-18(27)7-5-16/h4-7,11,14,17,19,32H,2-3,8-10,12-13,15H2,1H3/t19-/m1/s1. The van der Waals surface area contributed by atoms with E-state index < -0.39 is 11.2 Å². The number of nitrogens with zero attached hydrogens (tertiary/aromatic N) is 3. The minimum Gasteiger partial charge on any atom is -0.503 e. The van der Waals surface area contributed by atoms with Crippen LogP contribution in [0.4, 0.5) is 4.39 Å². The highest BCUT2D eigenvalue weighted by Gasteiger charge is 2.37. The first kappa shape index (κ1) is 24.6. The molecule has 1 amide bonds. The van der Waals surface area contributed by atoms with Crippen molar-refractivity contribution in [3.63, 3.8) is 0 Å². The molecule has 10 heteroatoms. The molecule has 0 unspecified atom stereocenters. The number of hydrogen-bond acceptors (Lipinski definition) is 7. The Hall–Kier alpha value is -3.08. The lowest BCUT2D eigenvalue weighted by molar-refractivity contribution is 0.0334. The number of fused-ring (bicyclic) bond motifs is 1. The monoisotopic (exact) mass is 513 g/mol. The summed E-state index contributed by atoms with van der Waals surface area (Å²) < 4.78 is 25.7. The third-order valence-electron chi connectivity index (χ3n) is 6.52. The average Bonchev–Trinajstić information content (AvgIpc) is 3.57. The van der Waals surface area contributed by atoms with Gasteiger partial charge in [0.05, 0.1) is 31.4 Å². The van der Waals surface area contributed by atoms with Crippen LogP contribution in [-0.2, 0) is 15.9 Å². The Bertz CT molecular complexity index is 1300. The van der Waals surface area contributed by atoms with Crippen LogP contribution in [0.2, 0.25) is 0 Å². The number of thiazole rings is 1. The molecule has 0 bridgehead atoms. The van der Waals surface area contributed by atoms with Gasteiger partial charge in [-0.25, -0.2) is 9.37 Å². The van der Waals surface area contributed by atoms with Crippen LogP contribution in [0.3, 0.4) is 0 Å². The number of aromatic nitrogens is 2. The van der Waals surface area contributed by atoms with Crippen molar-refractivity contribution in [3.8, 4) is 16.3 Å². The predicted molar refractivity (Wildman–Crippen MR) is 133 cm³/mol. The smallest absolute Gasteiger partial charge is 0.274 e. The molecule has 2 aliphatic rings. The molecular weight excluding hydrogens is 485 g/mol. The third-order valence-corrected chi connectivity index (χ3v) is 7.55. The van der Waals surface area contributed by atoms with E-state index >= 15 is 0 Å². The van der Waals surface area contributed by atoms with E-state index in [4.69, 9.17) is 9.47 Å². The second-order valence-electron chi connectivity index (χ2n) is 9.29. The fourth-order valence-corrected chi connectivity index (χ4v) is 5.38. The lowest BCUT2D eigenvalue weighted by Crippen LogP contribution is -2.46. The summed E-state index contributed by atoms with van der Waals surface area (Å²) in [5.41, 5.74) is 0.534. The van der Waals surface area contributed by atoms with Gasteiger partial charge in [0, 0.05) is 43.9 Å². The molecule has 1 aliphatic carbocycles. The summed E-state index contributed by atoms with van der Waals surface area (Å²) in [6, 6.07) is 5.97. The highest BCUT2D eigenvalue weighted by molar-refractivity contribution is 7.15. The Morgan fingerprint density at radius 2 is 1.97 bits per heavy atom. The van der Waals surface area contributed by atoms with Gasteiger partial charge < -0.3 is 24.0 Å². The minimum absolute atomic E-state index is 0.000849. The average molecular weight is 514 g/mol. The number of carbonyl (C=O) groups excluding carboxylic acids is 1. The number of amides is 1. The molecule has 190 valence electrons. The number of pyridine rings is 1. The summed E-state index contributed by atoms with van der Waals surface area (Å²) in [5, 5.41) is 11.4. The van der Waals surface area contributed by atoms with Crippen LogP contribution in [0.15, 0.2) is 41.5 Å². The number of benzene rings is 1. The molecule has 3 aromatic rings. The number of hydrogen-bond donors (Lipinski definition) is 1. The van der Waals surface area contributed by atoms with Gasteiger partial charge in [-0.1, -0.05) is 12.1 Å². The van der Waals surface area contributed by atoms with E-state index in [1.807, 2.05) is 0 Å². The van der Waals surface area contributed by atoms with Gasteiger partial charge >= 0.3 is 0 Å². The topological polar surface area (TPSA) is 93.9 Å². The molecule has 36 heavy (non-hydrogen) atoms. The van der Waals surface area contributed by atoms with Gasteiger partial charge in [-0.2, -0.15) is 0 Å². The third kappa shape index (κ3) is 5.21. The Labute approximate surface area is 211 Å². The molecule has 0 radical (unpaired) electrons. The Kier molecular flexibility index (Phi) is 7.17. The number of aromatic hydroxyl groups is 1. The fourth-order valence-electron chi connectivity index (χ4n) is 4.43. The molecule has 1 atom stereocenters. The summed E-state index contributed by atoms with van der Waals surface area (Å²) >= 11 is 1.33. The fraction of sp³-hybridized carbons (Fsp3) is 0.423. The maximum absolute atomic E-state index is 13.3. The molecule has 5 rings (SSSR count). The summed E-state index contributed by atoms with van der Waals surface area (Å²) in [5.74, 6) is -0.728. The van der Waals surface area contributed by atoms with Crippen LogP contribution >= 0.6 is 11.3 Å². The molecule has 2 aromatic heterocycles. The maximum atomic E-state index is 13.3. The summed E-state index contributed by atoms with van der Waals surface area (Å²) in [7, 11) is 1.60. The number of rotatable bonds is 10. The normalized spacial score (nSPS) is 17.4. The highest BCUT2D eigenvalue weighted by Crippen LogP contribution is 2.35. The zero-order valence-electron chi connectivity index (χ0n) is 20.0. The van der Waals surface area contributed by atoms with Gasteiger partial charge in [0.15, 0.2) is 11.4 Å². The van der Waals surface area contributed by atoms with E-state index in [1.54, 1.807) is 41.1 Å². The van der Waals surface area contributed by atoms with Crippen molar-refractivity contribution in [2.45, 2.75) is 25.3 Å². The van der Waals surface area contributed by atoms with Crippen LogP contribution < -0.4 is 5.43 Å². The summed E-state index contributed by atoms with van der Waals surface area (Å²) in [4.78, 5) is 33.5. The molecule has 1 N–H and O–H groups in total. The summed E-state index contributed by atoms with van der Waals surface area (Å²) in [6.45, 7) is 2.20. The van der Waals surface area contributed by atoms with E-state index in [0.717, 1.165) is 23.3 Å². The van der Waals surface area contributed by atoms with Crippen molar-refractivity contribution in [2.24, 2.45) is 5.92 Å². The molecule has 1 aliphatic heterocycles. The van der Waals surface area contributed by atoms with Gasteiger partial charge in [0.1, 0.15) is 10.8 Å². The number of methoxy groups -OCH3 is 1. The van der Waals surface area contributed by atoms with Crippen molar-refractivity contribution in [3.05, 3.63) is 68.8 Å². The largest absolute Gasteiger partial charge is 0.503 e. The van der Waals surface area contributed by atoms with Crippen molar-refractivity contribution in [2.75, 3.05) is 40.0 Å². The first-order valence-corrected chi connectivity index (χ1v) is 12.8. The first-order valence-electron chi connectivity index (χ1n) is 12.0. The Balaban J connectivity index is 1.46. The van der Waals surface area contributed by atoms with Gasteiger partial charge in [-0.05, 0) is 36.5 Å². The van der Waals surface area contributed by atoms with E-state index in [-0.39, 0.29) is 29.0 Å². The van der Waals surface area contributed by atoms with Crippen LogP contribution in [0, 0.1) is 11.7 Å². The second-order valence-corrected chi connectivity index (χ2v) is 10.4. The lowest BCUT2D eigenvalue weighted by atomic mass is 10.1. The van der Waals surface area contributed by atoms with E-state index in [1.165, 1.54) is 23.5 Å². The van der Waals surface area contributed by atoms with E-state index in [9.17, 15) is 19.1 Å². The predicted octanol–water partition coefficient (Wildman–Crippen LogP) is 3.48. The zero-order valence-corrected chi connectivity index (χ0v) is 20.8. The number of carbonyl (C=O) groups is 1. The molecular formula is C26H28FN3O5S. The van der Waals surface area contributed by atoms with Gasteiger partial charge in [0.25, 0.3) is 5.91 Å².